The molecule has 8 heteroatoms. The summed E-state index contributed by atoms with van der Waals surface area (Å²) in [6.45, 7) is 15.8. The normalized spacial score (nSPS) is 12.2. The molecule has 0 atom stereocenters. The fourth-order valence-electron chi connectivity index (χ4n) is 3.33. The number of nitrogens with one attached hydrogen (secondary N) is 1. The predicted octanol–water partition coefficient (Wildman–Crippen LogP) is 7.60. The molecule has 0 saturated heterocycles. The van der Waals surface area contributed by atoms with Gasteiger partial charge in [0.1, 0.15) is 11.4 Å². The second-order valence-electron chi connectivity index (χ2n) is 9.99. The van der Waals surface area contributed by atoms with Gasteiger partial charge in [-0.15, -0.1) is 0 Å². The Labute approximate surface area is 214 Å². The molecular formula is C26H35Cl2N3O2Si. The Hall–Kier alpha value is -1.83. The molecule has 0 radical (unpaired) electrons. The number of nitrogens with zero attached hydrogens (tertiary/aromatic N) is 2. The van der Waals surface area contributed by atoms with E-state index in [9.17, 15) is 0 Å². The third-order valence-electron chi connectivity index (χ3n) is 6.27. The molecule has 2 aromatic carbocycles. The van der Waals surface area contributed by atoms with Crippen LogP contribution in [0.5, 0.6) is 11.5 Å². The van der Waals surface area contributed by atoms with Crippen molar-refractivity contribution >= 4 is 31.5 Å². The van der Waals surface area contributed by atoms with Crippen LogP contribution in [0.1, 0.15) is 37.7 Å². The van der Waals surface area contributed by atoms with E-state index < -0.39 is 8.32 Å². The van der Waals surface area contributed by atoms with Gasteiger partial charge in [-0.3, -0.25) is 4.68 Å². The topological polar surface area (TPSA) is 48.3 Å². The van der Waals surface area contributed by atoms with Gasteiger partial charge < -0.3 is 14.5 Å². The van der Waals surface area contributed by atoms with Gasteiger partial charge >= 0.3 is 0 Å². The lowest BCUT2D eigenvalue weighted by atomic mass is 10.2. The summed E-state index contributed by atoms with van der Waals surface area (Å²) in [7, 11) is -1.84. The molecule has 0 saturated carbocycles. The predicted molar refractivity (Wildman–Crippen MR) is 144 cm³/mol. The van der Waals surface area contributed by atoms with Crippen molar-refractivity contribution in [2.45, 2.75) is 65.5 Å². The van der Waals surface area contributed by atoms with E-state index in [2.05, 4.69) is 51.3 Å². The van der Waals surface area contributed by atoms with Crippen molar-refractivity contribution in [3.8, 4) is 11.5 Å². The van der Waals surface area contributed by atoms with Crippen molar-refractivity contribution in [3.05, 3.63) is 75.5 Å². The van der Waals surface area contributed by atoms with E-state index in [1.807, 2.05) is 29.8 Å². The molecule has 0 bridgehead atoms. The number of rotatable bonds is 10. The number of aromatic nitrogens is 2. The summed E-state index contributed by atoms with van der Waals surface area (Å²) in [4.78, 5) is 0. The van der Waals surface area contributed by atoms with Crippen LogP contribution in [0.2, 0.25) is 28.2 Å². The molecule has 1 aromatic heterocycles. The molecule has 34 heavy (non-hydrogen) atoms. The molecular weight excluding hydrogens is 485 g/mol. The largest absolute Gasteiger partial charge is 0.453 e. The lowest BCUT2D eigenvalue weighted by molar-refractivity contribution is 0.263. The van der Waals surface area contributed by atoms with Gasteiger partial charge in [0.2, 0.25) is 0 Å². The van der Waals surface area contributed by atoms with Gasteiger partial charge in [0.25, 0.3) is 0 Å². The lowest BCUT2D eigenvalue weighted by Crippen LogP contribution is -2.41. The maximum absolute atomic E-state index is 6.41. The molecule has 0 spiro atoms. The number of aryl methyl sites for hydroxylation is 1. The second-order valence-corrected chi connectivity index (χ2v) is 15.7. The molecule has 5 nitrogen and oxygen atoms in total. The smallest absolute Gasteiger partial charge is 0.192 e. The van der Waals surface area contributed by atoms with E-state index in [-0.39, 0.29) is 5.04 Å². The molecule has 1 heterocycles. The highest BCUT2D eigenvalue weighted by molar-refractivity contribution is 6.74. The number of benzene rings is 2. The Morgan fingerprint density at radius 1 is 1.00 bits per heavy atom. The molecule has 0 fully saturated rings. The van der Waals surface area contributed by atoms with Crippen LogP contribution in [-0.4, -0.2) is 24.7 Å². The average Bonchev–Trinajstić information content (AvgIpc) is 3.02. The summed E-state index contributed by atoms with van der Waals surface area (Å²) in [5.74, 6) is 1.30. The zero-order chi connectivity index (χ0) is 24.9. The van der Waals surface area contributed by atoms with E-state index >= 15 is 0 Å². The Balaban J connectivity index is 1.81. The molecule has 3 aromatic rings. The van der Waals surface area contributed by atoms with Gasteiger partial charge in [-0.05, 0) is 48.8 Å². The van der Waals surface area contributed by atoms with Gasteiger partial charge in [0, 0.05) is 23.1 Å². The van der Waals surface area contributed by atoms with Crippen molar-refractivity contribution in [3.63, 3.8) is 0 Å². The molecule has 3 rings (SSSR count). The highest BCUT2D eigenvalue weighted by Gasteiger charge is 2.37. The number of hydrogen-bond acceptors (Lipinski definition) is 4. The minimum Gasteiger partial charge on any atom is -0.453 e. The van der Waals surface area contributed by atoms with Crippen LogP contribution < -0.4 is 10.1 Å². The first-order chi connectivity index (χ1) is 16.0. The molecule has 0 aliphatic heterocycles. The van der Waals surface area contributed by atoms with Crippen LogP contribution in [-0.2, 0) is 24.1 Å². The molecule has 184 valence electrons. The molecule has 0 aliphatic rings. The Morgan fingerprint density at radius 3 is 2.26 bits per heavy atom. The molecule has 1 N–H and O–H groups in total. The summed E-state index contributed by atoms with van der Waals surface area (Å²) < 4.78 is 14.7. The van der Waals surface area contributed by atoms with Crippen LogP contribution in [0.15, 0.2) is 48.5 Å². The maximum atomic E-state index is 6.41. The molecule has 0 amide bonds. The van der Waals surface area contributed by atoms with Gasteiger partial charge in [-0.2, -0.15) is 5.10 Å². The Bertz CT molecular complexity index is 1080. The fourth-order valence-corrected chi connectivity index (χ4v) is 4.87. The van der Waals surface area contributed by atoms with Gasteiger partial charge in [0.05, 0.1) is 18.8 Å². The van der Waals surface area contributed by atoms with Gasteiger partial charge in [-0.1, -0.05) is 74.3 Å². The van der Waals surface area contributed by atoms with Crippen LogP contribution >= 0.6 is 23.2 Å². The third kappa shape index (κ3) is 7.09. The zero-order valence-corrected chi connectivity index (χ0v) is 23.4. The van der Waals surface area contributed by atoms with E-state index in [1.54, 1.807) is 18.2 Å². The number of halogens is 2. The first kappa shape index (κ1) is 26.8. The highest BCUT2D eigenvalue weighted by atomic mass is 35.5. The standard InChI is InChI=1S/C26H35Cl2N3O2Si/c1-19-25(33-23-15-21(27)14-22(28)16-23)24(18-29-17-20-10-8-7-9-11-20)31(30-19)12-13-32-34(5,6)26(2,3)4/h7-11,14-16,29H,12-13,17-18H2,1-6H3. The van der Waals surface area contributed by atoms with Gasteiger partial charge in [-0.25, -0.2) is 0 Å². The van der Waals surface area contributed by atoms with Crippen molar-refractivity contribution in [1.82, 2.24) is 15.1 Å². The van der Waals surface area contributed by atoms with Crippen LogP contribution in [0, 0.1) is 6.92 Å². The monoisotopic (exact) mass is 519 g/mol. The van der Waals surface area contributed by atoms with E-state index in [0.717, 1.165) is 17.9 Å². The minimum absolute atomic E-state index is 0.160. The third-order valence-corrected chi connectivity index (χ3v) is 11.2. The maximum Gasteiger partial charge on any atom is 0.192 e. The van der Waals surface area contributed by atoms with Crippen molar-refractivity contribution in [2.75, 3.05) is 6.61 Å². The molecule has 0 unspecified atom stereocenters. The van der Waals surface area contributed by atoms with Crippen LogP contribution in [0.3, 0.4) is 0 Å². The van der Waals surface area contributed by atoms with Gasteiger partial charge in [0.15, 0.2) is 14.1 Å². The summed E-state index contributed by atoms with van der Waals surface area (Å²) in [6, 6.07) is 15.5. The van der Waals surface area contributed by atoms with Crippen molar-refractivity contribution < 1.29 is 9.16 Å². The highest BCUT2D eigenvalue weighted by Crippen LogP contribution is 2.37. The van der Waals surface area contributed by atoms with Crippen molar-refractivity contribution in [2.24, 2.45) is 0 Å². The average molecular weight is 521 g/mol. The Morgan fingerprint density at radius 2 is 1.65 bits per heavy atom. The minimum atomic E-state index is -1.84. The van der Waals surface area contributed by atoms with E-state index in [1.165, 1.54) is 5.56 Å². The molecule has 0 aliphatic carbocycles. The van der Waals surface area contributed by atoms with E-state index in [4.69, 9.17) is 37.5 Å². The van der Waals surface area contributed by atoms with E-state index in [0.29, 0.717) is 41.2 Å². The summed E-state index contributed by atoms with van der Waals surface area (Å²) in [5, 5.41) is 9.52. The fraction of sp³-hybridized carbons (Fsp3) is 0.423. The lowest BCUT2D eigenvalue weighted by Gasteiger charge is -2.36. The Kier molecular flexibility index (Phi) is 8.87. The number of hydrogen-bond donors (Lipinski definition) is 1. The zero-order valence-electron chi connectivity index (χ0n) is 20.9. The SMILES string of the molecule is Cc1nn(CCO[Si](C)(C)C(C)(C)C)c(CNCc2ccccc2)c1Oc1cc(Cl)cc(Cl)c1. The van der Waals surface area contributed by atoms with Crippen LogP contribution in [0.25, 0.3) is 0 Å². The summed E-state index contributed by atoms with van der Waals surface area (Å²) in [5.41, 5.74) is 2.99. The van der Waals surface area contributed by atoms with Crippen molar-refractivity contribution in [1.29, 1.82) is 0 Å². The number of ether oxygens (including phenoxy) is 1. The van der Waals surface area contributed by atoms with Crippen LogP contribution in [0.4, 0.5) is 0 Å². The summed E-state index contributed by atoms with van der Waals surface area (Å²) >= 11 is 12.4. The quantitative estimate of drug-likeness (QED) is 0.280. The first-order valence-electron chi connectivity index (χ1n) is 11.5. The second kappa shape index (κ2) is 11.3. The summed E-state index contributed by atoms with van der Waals surface area (Å²) in [6.07, 6.45) is 0. The first-order valence-corrected chi connectivity index (χ1v) is 15.2.